The molecule has 0 aliphatic heterocycles. The SMILES string of the molecule is COc1ccc(C(O)(c2ccc(OC)cc2)C(Cl)(Cl)Cl)cc1. The molecule has 0 heterocycles. The zero-order chi connectivity index (χ0) is 16.4. The van der Waals surface area contributed by atoms with Gasteiger partial charge in [-0.15, -0.1) is 0 Å². The molecule has 6 heteroatoms. The average molecular weight is 362 g/mol. The highest BCUT2D eigenvalue weighted by Crippen LogP contribution is 2.49. The number of rotatable bonds is 4. The molecule has 0 aliphatic carbocycles. The molecule has 0 bridgehead atoms. The van der Waals surface area contributed by atoms with E-state index in [0.29, 0.717) is 22.6 Å². The Kier molecular flexibility index (Phi) is 5.13. The van der Waals surface area contributed by atoms with Crippen molar-refractivity contribution in [2.75, 3.05) is 14.2 Å². The molecule has 0 saturated carbocycles. The number of aliphatic hydroxyl groups is 1. The van der Waals surface area contributed by atoms with Crippen LogP contribution in [0, 0.1) is 0 Å². The van der Waals surface area contributed by atoms with Gasteiger partial charge in [0, 0.05) is 0 Å². The lowest BCUT2D eigenvalue weighted by atomic mass is 9.87. The zero-order valence-electron chi connectivity index (χ0n) is 12.0. The predicted octanol–water partition coefficient (Wildman–Crippen LogP) is 4.31. The Morgan fingerprint density at radius 2 is 1.05 bits per heavy atom. The molecule has 0 atom stereocenters. The smallest absolute Gasteiger partial charge is 0.227 e. The first-order valence-corrected chi connectivity index (χ1v) is 7.54. The van der Waals surface area contributed by atoms with Gasteiger partial charge < -0.3 is 14.6 Å². The number of methoxy groups -OCH3 is 2. The number of halogens is 3. The third-order valence-corrected chi connectivity index (χ3v) is 4.25. The second kappa shape index (κ2) is 6.55. The van der Waals surface area contributed by atoms with Gasteiger partial charge in [-0.3, -0.25) is 0 Å². The molecule has 0 radical (unpaired) electrons. The largest absolute Gasteiger partial charge is 0.497 e. The molecule has 0 spiro atoms. The Balaban J connectivity index is 2.55. The molecule has 22 heavy (non-hydrogen) atoms. The maximum absolute atomic E-state index is 11.1. The highest BCUT2D eigenvalue weighted by molar-refractivity contribution is 6.68. The fraction of sp³-hybridized carbons (Fsp3) is 0.250. The van der Waals surface area contributed by atoms with Crippen LogP contribution in [0.3, 0.4) is 0 Å². The van der Waals surface area contributed by atoms with Crippen LogP contribution in [0.2, 0.25) is 0 Å². The molecule has 0 aromatic heterocycles. The monoisotopic (exact) mass is 360 g/mol. The first-order valence-electron chi connectivity index (χ1n) is 6.41. The van der Waals surface area contributed by atoms with Crippen LogP contribution in [-0.2, 0) is 5.60 Å². The van der Waals surface area contributed by atoms with E-state index in [0.717, 1.165) is 0 Å². The molecule has 1 N–H and O–H groups in total. The van der Waals surface area contributed by atoms with Crippen molar-refractivity contribution in [1.82, 2.24) is 0 Å². The van der Waals surface area contributed by atoms with Crippen molar-refractivity contribution in [3.63, 3.8) is 0 Å². The van der Waals surface area contributed by atoms with Gasteiger partial charge in [0.1, 0.15) is 11.5 Å². The standard InChI is InChI=1S/C16H15Cl3O3/c1-21-13-7-3-11(4-8-13)15(20,16(17,18)19)12-5-9-14(22-2)10-6-12/h3-10,20H,1-2H3. The quantitative estimate of drug-likeness (QED) is 0.825. The first kappa shape index (κ1) is 17.2. The van der Waals surface area contributed by atoms with Crippen molar-refractivity contribution in [3.05, 3.63) is 59.7 Å². The van der Waals surface area contributed by atoms with E-state index in [1.807, 2.05) is 0 Å². The van der Waals surface area contributed by atoms with Gasteiger partial charge in [0.2, 0.25) is 3.79 Å². The number of hydrogen-bond acceptors (Lipinski definition) is 3. The molecule has 2 aromatic rings. The van der Waals surface area contributed by atoms with Crippen LogP contribution in [0.1, 0.15) is 11.1 Å². The Labute approximate surface area is 144 Å². The second-order valence-electron chi connectivity index (χ2n) is 4.67. The van der Waals surface area contributed by atoms with Gasteiger partial charge >= 0.3 is 0 Å². The average Bonchev–Trinajstić information content (AvgIpc) is 2.53. The molecule has 0 unspecified atom stereocenters. The fourth-order valence-electron chi connectivity index (χ4n) is 2.16. The number of hydrogen-bond donors (Lipinski definition) is 1. The van der Waals surface area contributed by atoms with E-state index in [9.17, 15) is 5.11 Å². The lowest BCUT2D eigenvalue weighted by molar-refractivity contribution is 0.0849. The maximum Gasteiger partial charge on any atom is 0.227 e. The van der Waals surface area contributed by atoms with Crippen LogP contribution in [0.5, 0.6) is 11.5 Å². The third-order valence-electron chi connectivity index (χ3n) is 3.43. The van der Waals surface area contributed by atoms with E-state index in [2.05, 4.69) is 0 Å². The van der Waals surface area contributed by atoms with Crippen molar-refractivity contribution in [2.24, 2.45) is 0 Å². The van der Waals surface area contributed by atoms with Gasteiger partial charge in [0.15, 0.2) is 5.60 Å². The predicted molar refractivity (Wildman–Crippen MR) is 89.3 cm³/mol. The van der Waals surface area contributed by atoms with Gasteiger partial charge in [0.05, 0.1) is 14.2 Å². The van der Waals surface area contributed by atoms with Crippen molar-refractivity contribution in [2.45, 2.75) is 9.39 Å². The van der Waals surface area contributed by atoms with Gasteiger partial charge in [-0.05, 0) is 35.4 Å². The Morgan fingerprint density at radius 3 is 1.27 bits per heavy atom. The number of alkyl halides is 3. The van der Waals surface area contributed by atoms with Crippen LogP contribution in [0.4, 0.5) is 0 Å². The topological polar surface area (TPSA) is 38.7 Å². The molecular formula is C16H15Cl3O3. The van der Waals surface area contributed by atoms with E-state index in [1.54, 1.807) is 62.8 Å². The highest BCUT2D eigenvalue weighted by atomic mass is 35.6. The van der Waals surface area contributed by atoms with Crippen LogP contribution >= 0.6 is 34.8 Å². The van der Waals surface area contributed by atoms with E-state index in [4.69, 9.17) is 44.3 Å². The summed E-state index contributed by atoms with van der Waals surface area (Å²) in [7, 11) is 3.11. The fourth-order valence-corrected chi connectivity index (χ4v) is 2.81. The molecule has 0 aliphatic rings. The molecule has 0 saturated heterocycles. The van der Waals surface area contributed by atoms with Crippen molar-refractivity contribution >= 4 is 34.8 Å². The van der Waals surface area contributed by atoms with Crippen molar-refractivity contribution < 1.29 is 14.6 Å². The summed E-state index contributed by atoms with van der Waals surface area (Å²) < 4.78 is 8.25. The maximum atomic E-state index is 11.1. The third kappa shape index (κ3) is 3.13. The molecule has 2 rings (SSSR count). The van der Waals surface area contributed by atoms with Gasteiger partial charge in [-0.25, -0.2) is 0 Å². The van der Waals surface area contributed by atoms with Crippen LogP contribution in [0.15, 0.2) is 48.5 Å². The molecule has 2 aromatic carbocycles. The number of benzene rings is 2. The Morgan fingerprint density at radius 1 is 0.727 bits per heavy atom. The summed E-state index contributed by atoms with van der Waals surface area (Å²) in [4.78, 5) is 0. The van der Waals surface area contributed by atoms with Crippen molar-refractivity contribution in [3.8, 4) is 11.5 Å². The van der Waals surface area contributed by atoms with Gasteiger partial charge in [0.25, 0.3) is 0 Å². The van der Waals surface area contributed by atoms with Crippen LogP contribution < -0.4 is 9.47 Å². The molecule has 118 valence electrons. The van der Waals surface area contributed by atoms with E-state index in [1.165, 1.54) is 0 Å². The first-order chi connectivity index (χ1) is 10.3. The Bertz CT molecular complexity index is 571. The summed E-state index contributed by atoms with van der Waals surface area (Å²) in [5.74, 6) is 1.29. The molecule has 0 fully saturated rings. The summed E-state index contributed by atoms with van der Waals surface area (Å²) in [6.07, 6.45) is 0. The lowest BCUT2D eigenvalue weighted by Gasteiger charge is -2.35. The van der Waals surface area contributed by atoms with Crippen LogP contribution in [0.25, 0.3) is 0 Å². The number of ether oxygens (including phenoxy) is 2. The highest BCUT2D eigenvalue weighted by Gasteiger charge is 2.50. The summed E-state index contributed by atoms with van der Waals surface area (Å²) in [5.41, 5.74) is -0.923. The lowest BCUT2D eigenvalue weighted by Crippen LogP contribution is -2.41. The summed E-state index contributed by atoms with van der Waals surface area (Å²) in [5, 5.41) is 11.1. The van der Waals surface area contributed by atoms with E-state index in [-0.39, 0.29) is 0 Å². The molecular weight excluding hydrogens is 347 g/mol. The van der Waals surface area contributed by atoms with Crippen LogP contribution in [-0.4, -0.2) is 23.1 Å². The molecule has 0 amide bonds. The minimum Gasteiger partial charge on any atom is -0.497 e. The minimum absolute atomic E-state index is 0.443. The minimum atomic E-state index is -1.96. The van der Waals surface area contributed by atoms with Crippen molar-refractivity contribution in [1.29, 1.82) is 0 Å². The van der Waals surface area contributed by atoms with E-state index < -0.39 is 9.39 Å². The second-order valence-corrected chi connectivity index (χ2v) is 6.95. The summed E-state index contributed by atoms with van der Waals surface area (Å²) in [6.45, 7) is 0. The van der Waals surface area contributed by atoms with E-state index >= 15 is 0 Å². The summed E-state index contributed by atoms with van der Waals surface area (Å²) in [6, 6.07) is 13.4. The Hall–Kier alpha value is -1.13. The molecule has 3 nitrogen and oxygen atoms in total. The van der Waals surface area contributed by atoms with Gasteiger partial charge in [-0.2, -0.15) is 0 Å². The zero-order valence-corrected chi connectivity index (χ0v) is 14.3. The normalized spacial score (nSPS) is 12.1. The van der Waals surface area contributed by atoms with Gasteiger partial charge in [-0.1, -0.05) is 59.1 Å². The summed E-state index contributed by atoms with van der Waals surface area (Å²) >= 11 is 18.2.